The Kier molecular flexibility index (Phi) is 5.36. The van der Waals surface area contributed by atoms with E-state index >= 15 is 0 Å². The first-order valence-electron chi connectivity index (χ1n) is 9.50. The highest BCUT2D eigenvalue weighted by molar-refractivity contribution is 5.82. The Balaban J connectivity index is 1.29. The van der Waals surface area contributed by atoms with E-state index in [2.05, 4.69) is 16.2 Å². The van der Waals surface area contributed by atoms with Crippen molar-refractivity contribution in [2.24, 2.45) is 5.92 Å². The summed E-state index contributed by atoms with van der Waals surface area (Å²) in [6.07, 6.45) is 1.43. The van der Waals surface area contributed by atoms with Gasteiger partial charge in [-0.15, -0.1) is 0 Å². The molecule has 2 aromatic rings. The molecule has 4 N–H and O–H groups in total. The summed E-state index contributed by atoms with van der Waals surface area (Å²) < 4.78 is 11.1. The number of ether oxygens (including phenoxy) is 2. The van der Waals surface area contributed by atoms with E-state index in [-0.39, 0.29) is 29.7 Å². The summed E-state index contributed by atoms with van der Waals surface area (Å²) >= 11 is 0. The van der Waals surface area contributed by atoms with Crippen LogP contribution in [-0.2, 0) is 11.2 Å². The van der Waals surface area contributed by atoms with Crippen LogP contribution in [0.25, 0.3) is 0 Å². The first kappa shape index (κ1) is 18.6. The molecule has 28 heavy (non-hydrogen) atoms. The van der Waals surface area contributed by atoms with Gasteiger partial charge in [0.05, 0.1) is 19.8 Å². The maximum absolute atomic E-state index is 12.5. The fraction of sp³-hybridized carbons (Fsp3) is 0.381. The van der Waals surface area contributed by atoms with E-state index in [0.29, 0.717) is 19.6 Å². The number of phenolic OH excluding ortho intramolecular Hbond substituents is 1. The molecule has 0 bridgehead atoms. The van der Waals surface area contributed by atoms with Gasteiger partial charge in [0.25, 0.3) is 0 Å². The molecule has 1 saturated heterocycles. The Labute approximate surface area is 164 Å². The molecule has 0 aliphatic carbocycles. The lowest BCUT2D eigenvalue weighted by molar-refractivity contribution is -0.123. The van der Waals surface area contributed by atoms with E-state index in [4.69, 9.17) is 9.47 Å². The van der Waals surface area contributed by atoms with Crippen LogP contribution in [0, 0.1) is 5.92 Å². The Morgan fingerprint density at radius 2 is 2.14 bits per heavy atom. The van der Waals surface area contributed by atoms with Crippen molar-refractivity contribution in [1.29, 1.82) is 0 Å². The number of rotatable bonds is 5. The van der Waals surface area contributed by atoms with Gasteiger partial charge in [0.2, 0.25) is 5.91 Å². The van der Waals surface area contributed by atoms with Gasteiger partial charge in [-0.05, 0) is 30.5 Å². The molecule has 0 radical (unpaired) electrons. The van der Waals surface area contributed by atoms with E-state index in [1.807, 2.05) is 30.3 Å². The van der Waals surface area contributed by atoms with Gasteiger partial charge in [-0.3, -0.25) is 4.79 Å². The highest BCUT2D eigenvalue weighted by atomic mass is 16.5. The molecule has 7 heteroatoms. The van der Waals surface area contributed by atoms with E-state index in [9.17, 15) is 9.90 Å². The Morgan fingerprint density at radius 1 is 1.29 bits per heavy atom. The van der Waals surface area contributed by atoms with Crippen LogP contribution < -0.4 is 25.6 Å². The van der Waals surface area contributed by atoms with Gasteiger partial charge in [-0.25, -0.2) is 10.9 Å². The van der Waals surface area contributed by atoms with Gasteiger partial charge in [0.15, 0.2) is 0 Å². The predicted molar refractivity (Wildman–Crippen MR) is 104 cm³/mol. The number of fused-ring (bicyclic) bond motifs is 1. The molecule has 0 aromatic heterocycles. The number of nitrogens with one attached hydrogen (secondary N) is 3. The predicted octanol–water partition coefficient (Wildman–Crippen LogP) is 1.68. The highest BCUT2D eigenvalue weighted by Gasteiger charge is 2.31. The lowest BCUT2D eigenvalue weighted by Crippen LogP contribution is -2.45. The number of amides is 1. The third kappa shape index (κ3) is 3.90. The summed E-state index contributed by atoms with van der Waals surface area (Å²) in [6, 6.07) is 12.6. The fourth-order valence-corrected chi connectivity index (χ4v) is 3.76. The van der Waals surface area contributed by atoms with Gasteiger partial charge in [0, 0.05) is 24.1 Å². The van der Waals surface area contributed by atoms with Crippen LogP contribution in [0.2, 0.25) is 0 Å². The number of carbonyl (C=O) groups excluding carboxylic acids is 1. The highest BCUT2D eigenvalue weighted by Crippen LogP contribution is 2.31. The summed E-state index contributed by atoms with van der Waals surface area (Å²) in [5.41, 5.74) is 8.05. The van der Waals surface area contributed by atoms with Gasteiger partial charge < -0.3 is 19.9 Å². The third-order valence-corrected chi connectivity index (χ3v) is 5.35. The number of para-hydroxylation sites is 1. The molecule has 0 saturated carbocycles. The van der Waals surface area contributed by atoms with Gasteiger partial charge in [-0.2, -0.15) is 0 Å². The van der Waals surface area contributed by atoms with E-state index in [1.54, 1.807) is 19.2 Å². The molecule has 3 unspecified atom stereocenters. The topological polar surface area (TPSA) is 91.9 Å². The van der Waals surface area contributed by atoms with Gasteiger partial charge >= 0.3 is 0 Å². The Bertz CT molecular complexity index is 857. The normalized spacial score (nSPS) is 23.5. The largest absolute Gasteiger partial charge is 0.508 e. The summed E-state index contributed by atoms with van der Waals surface area (Å²) in [5.74, 6) is 2.05. The van der Waals surface area contributed by atoms with Crippen LogP contribution in [0.1, 0.15) is 23.6 Å². The molecule has 148 valence electrons. The summed E-state index contributed by atoms with van der Waals surface area (Å²) in [4.78, 5) is 12.5. The molecule has 4 rings (SSSR count). The van der Waals surface area contributed by atoms with Gasteiger partial charge in [-0.1, -0.05) is 24.3 Å². The van der Waals surface area contributed by atoms with E-state index < -0.39 is 0 Å². The number of phenols is 1. The zero-order valence-corrected chi connectivity index (χ0v) is 15.8. The Morgan fingerprint density at radius 3 is 2.96 bits per heavy atom. The summed E-state index contributed by atoms with van der Waals surface area (Å²) in [6.45, 7) is 1.13. The second-order valence-corrected chi connectivity index (χ2v) is 7.29. The average molecular weight is 383 g/mol. The van der Waals surface area contributed by atoms with Crippen LogP contribution in [-0.4, -0.2) is 37.3 Å². The molecular weight excluding hydrogens is 358 g/mol. The van der Waals surface area contributed by atoms with Crippen molar-refractivity contribution in [3.8, 4) is 17.2 Å². The number of hydrogen-bond acceptors (Lipinski definition) is 6. The lowest BCUT2D eigenvalue weighted by atomic mass is 9.96. The van der Waals surface area contributed by atoms with Crippen LogP contribution in [0.4, 0.5) is 0 Å². The molecule has 2 aliphatic rings. The maximum atomic E-state index is 12.5. The van der Waals surface area contributed by atoms with Crippen LogP contribution in [0.5, 0.6) is 17.2 Å². The maximum Gasteiger partial charge on any atom is 0.238 e. The first-order valence-corrected chi connectivity index (χ1v) is 9.50. The van der Waals surface area contributed by atoms with Crippen molar-refractivity contribution in [3.63, 3.8) is 0 Å². The second kappa shape index (κ2) is 8.08. The molecule has 3 atom stereocenters. The SMILES string of the molecule is COc1ccc2c(c1)OCC(CNC(=O)C1CC(c3ccccc3O)NN1)C2. The van der Waals surface area contributed by atoms with Crippen molar-refractivity contribution in [3.05, 3.63) is 53.6 Å². The standard InChI is InChI=1S/C21H25N3O4/c1-27-15-7-6-14-8-13(12-28-20(14)9-15)11-22-21(26)18-10-17(23-24-18)16-4-2-3-5-19(16)25/h2-7,9,13,17-18,23-25H,8,10-12H2,1H3,(H,22,26). The van der Waals surface area contributed by atoms with Crippen LogP contribution in [0.3, 0.4) is 0 Å². The zero-order valence-electron chi connectivity index (χ0n) is 15.8. The molecule has 0 spiro atoms. The Hall–Kier alpha value is -2.77. The number of methoxy groups -OCH3 is 1. The minimum absolute atomic E-state index is 0.0500. The molecule has 7 nitrogen and oxygen atoms in total. The van der Waals surface area contributed by atoms with Crippen molar-refractivity contribution >= 4 is 5.91 Å². The summed E-state index contributed by atoms with van der Waals surface area (Å²) in [7, 11) is 1.64. The number of hydrazine groups is 1. The molecular formula is C21H25N3O4. The zero-order chi connectivity index (χ0) is 19.5. The molecule has 2 aliphatic heterocycles. The molecule has 2 heterocycles. The lowest BCUT2D eigenvalue weighted by Gasteiger charge is -2.26. The number of benzene rings is 2. The summed E-state index contributed by atoms with van der Waals surface area (Å²) in [5, 5.41) is 13.0. The van der Waals surface area contributed by atoms with Crippen LogP contribution >= 0.6 is 0 Å². The fourth-order valence-electron chi connectivity index (χ4n) is 3.76. The third-order valence-electron chi connectivity index (χ3n) is 5.35. The number of carbonyl (C=O) groups is 1. The van der Waals surface area contributed by atoms with Crippen molar-refractivity contribution < 1.29 is 19.4 Å². The van der Waals surface area contributed by atoms with Crippen molar-refractivity contribution in [2.45, 2.75) is 24.9 Å². The van der Waals surface area contributed by atoms with Crippen LogP contribution in [0.15, 0.2) is 42.5 Å². The minimum Gasteiger partial charge on any atom is -0.508 e. The van der Waals surface area contributed by atoms with Crippen molar-refractivity contribution in [1.82, 2.24) is 16.2 Å². The van der Waals surface area contributed by atoms with Gasteiger partial charge in [0.1, 0.15) is 23.3 Å². The van der Waals surface area contributed by atoms with E-state index in [1.165, 1.54) is 0 Å². The molecule has 1 amide bonds. The number of hydrogen-bond donors (Lipinski definition) is 4. The quantitative estimate of drug-likeness (QED) is 0.628. The van der Waals surface area contributed by atoms with E-state index in [0.717, 1.165) is 29.0 Å². The minimum atomic E-state index is -0.342. The molecule has 2 aromatic carbocycles. The average Bonchev–Trinajstić information content (AvgIpc) is 3.22. The monoisotopic (exact) mass is 383 g/mol. The first-order chi connectivity index (χ1) is 13.6. The second-order valence-electron chi connectivity index (χ2n) is 7.29. The number of aromatic hydroxyl groups is 1. The smallest absolute Gasteiger partial charge is 0.238 e. The van der Waals surface area contributed by atoms with Crippen molar-refractivity contribution in [2.75, 3.05) is 20.3 Å². The molecule has 1 fully saturated rings.